The van der Waals surface area contributed by atoms with Crippen LogP contribution in [0, 0.1) is 5.92 Å². The summed E-state index contributed by atoms with van der Waals surface area (Å²) in [5.41, 5.74) is 1.25. The summed E-state index contributed by atoms with van der Waals surface area (Å²) in [7, 11) is 0. The number of carbonyl (C=O) groups is 1. The van der Waals surface area contributed by atoms with Crippen molar-refractivity contribution in [1.82, 2.24) is 0 Å². The first-order valence-electron chi connectivity index (χ1n) is 4.30. The van der Waals surface area contributed by atoms with Crippen LogP contribution < -0.4 is 0 Å². The zero-order valence-electron chi connectivity index (χ0n) is 7.69. The Bertz CT molecular complexity index is 243. The minimum absolute atomic E-state index is 0.0498. The fourth-order valence-electron chi connectivity index (χ4n) is 1.49. The number of ether oxygens (including phenoxy) is 1. The van der Waals surface area contributed by atoms with Gasteiger partial charge in [-0.1, -0.05) is 12.7 Å². The van der Waals surface area contributed by atoms with Crippen LogP contribution in [-0.2, 0) is 9.53 Å². The molecule has 1 fully saturated rings. The molecule has 2 atom stereocenters. The van der Waals surface area contributed by atoms with E-state index in [0.717, 1.165) is 6.29 Å². The SMILES string of the molecule is C=C1C(O)OCC[C@H]1/C(C=O)=C\C. The van der Waals surface area contributed by atoms with Crippen molar-refractivity contribution in [2.45, 2.75) is 19.6 Å². The Labute approximate surface area is 77.7 Å². The number of aldehydes is 1. The van der Waals surface area contributed by atoms with E-state index in [1.54, 1.807) is 13.0 Å². The molecule has 0 aliphatic carbocycles. The largest absolute Gasteiger partial charge is 0.364 e. The van der Waals surface area contributed by atoms with Crippen LogP contribution in [0.3, 0.4) is 0 Å². The van der Waals surface area contributed by atoms with E-state index in [1.165, 1.54) is 0 Å². The van der Waals surface area contributed by atoms with E-state index in [4.69, 9.17) is 4.74 Å². The van der Waals surface area contributed by atoms with Gasteiger partial charge in [-0.2, -0.15) is 0 Å². The highest BCUT2D eigenvalue weighted by Crippen LogP contribution is 2.28. The zero-order valence-corrected chi connectivity index (χ0v) is 7.69. The molecular formula is C10H14O3. The lowest BCUT2D eigenvalue weighted by molar-refractivity contribution is -0.108. The van der Waals surface area contributed by atoms with E-state index in [0.29, 0.717) is 24.2 Å². The molecule has 72 valence electrons. The second kappa shape index (κ2) is 4.35. The number of hydrogen-bond acceptors (Lipinski definition) is 3. The Balaban J connectivity index is 2.79. The second-order valence-electron chi connectivity index (χ2n) is 3.05. The van der Waals surface area contributed by atoms with Crippen molar-refractivity contribution < 1.29 is 14.6 Å². The molecule has 1 rings (SSSR count). The fraction of sp³-hybridized carbons (Fsp3) is 0.500. The maximum absolute atomic E-state index is 10.7. The highest BCUT2D eigenvalue weighted by Gasteiger charge is 2.27. The lowest BCUT2D eigenvalue weighted by atomic mass is 9.87. The standard InChI is InChI=1S/C10H14O3/c1-3-8(6-11)9-4-5-13-10(12)7(9)2/h3,6,9-10,12H,2,4-5H2,1H3/b8-3-/t9-,10?/m1/s1. The number of hydrogen-bond donors (Lipinski definition) is 1. The molecule has 1 aliphatic heterocycles. The maximum Gasteiger partial charge on any atom is 0.177 e. The minimum Gasteiger partial charge on any atom is -0.364 e. The van der Waals surface area contributed by atoms with Crippen LogP contribution in [0.2, 0.25) is 0 Å². The quantitative estimate of drug-likeness (QED) is 0.394. The summed E-state index contributed by atoms with van der Waals surface area (Å²) >= 11 is 0. The van der Waals surface area contributed by atoms with Gasteiger partial charge in [0.15, 0.2) is 6.29 Å². The van der Waals surface area contributed by atoms with E-state index >= 15 is 0 Å². The van der Waals surface area contributed by atoms with Crippen molar-refractivity contribution in [2.75, 3.05) is 6.61 Å². The molecule has 3 heteroatoms. The molecule has 0 spiro atoms. The first-order valence-corrected chi connectivity index (χ1v) is 4.30. The van der Waals surface area contributed by atoms with Crippen LogP contribution in [0.4, 0.5) is 0 Å². The van der Waals surface area contributed by atoms with Gasteiger partial charge in [-0.15, -0.1) is 0 Å². The van der Waals surface area contributed by atoms with Crippen molar-refractivity contribution in [3.8, 4) is 0 Å². The van der Waals surface area contributed by atoms with Gasteiger partial charge in [0.1, 0.15) is 6.29 Å². The van der Waals surface area contributed by atoms with Gasteiger partial charge in [-0.25, -0.2) is 0 Å². The number of carbonyl (C=O) groups excluding carboxylic acids is 1. The van der Waals surface area contributed by atoms with E-state index in [9.17, 15) is 9.90 Å². The normalized spacial score (nSPS) is 30.3. The van der Waals surface area contributed by atoms with Crippen LogP contribution >= 0.6 is 0 Å². The van der Waals surface area contributed by atoms with Gasteiger partial charge < -0.3 is 9.84 Å². The first kappa shape index (κ1) is 10.2. The van der Waals surface area contributed by atoms with Crippen LogP contribution in [0.25, 0.3) is 0 Å². The molecule has 0 radical (unpaired) electrons. The Kier molecular flexibility index (Phi) is 3.39. The summed E-state index contributed by atoms with van der Waals surface area (Å²) < 4.78 is 4.97. The fourth-order valence-corrected chi connectivity index (χ4v) is 1.49. The molecule has 3 nitrogen and oxygen atoms in total. The Morgan fingerprint density at radius 1 is 1.77 bits per heavy atom. The summed E-state index contributed by atoms with van der Waals surface area (Å²) in [6, 6.07) is 0. The molecule has 0 bridgehead atoms. The molecular weight excluding hydrogens is 168 g/mol. The lowest BCUT2D eigenvalue weighted by Crippen LogP contribution is -2.29. The average molecular weight is 182 g/mol. The highest BCUT2D eigenvalue weighted by atomic mass is 16.6. The molecule has 1 heterocycles. The van der Waals surface area contributed by atoms with Gasteiger partial charge in [0.2, 0.25) is 0 Å². The molecule has 0 aromatic heterocycles. The molecule has 0 aromatic rings. The Morgan fingerprint density at radius 2 is 2.46 bits per heavy atom. The van der Waals surface area contributed by atoms with Gasteiger partial charge in [-0.3, -0.25) is 4.79 Å². The van der Waals surface area contributed by atoms with Crippen LogP contribution in [-0.4, -0.2) is 24.3 Å². The van der Waals surface area contributed by atoms with E-state index in [-0.39, 0.29) is 5.92 Å². The van der Waals surface area contributed by atoms with E-state index < -0.39 is 6.29 Å². The third-order valence-electron chi connectivity index (χ3n) is 2.32. The van der Waals surface area contributed by atoms with Gasteiger partial charge in [0.25, 0.3) is 0 Å². The van der Waals surface area contributed by atoms with E-state index in [2.05, 4.69) is 6.58 Å². The predicted octanol–water partition coefficient (Wildman–Crippen LogP) is 1.04. The first-order chi connectivity index (χ1) is 6.20. The van der Waals surface area contributed by atoms with Gasteiger partial charge in [0.05, 0.1) is 6.61 Å². The monoisotopic (exact) mass is 182 g/mol. The number of aliphatic hydroxyl groups is 1. The predicted molar refractivity (Wildman–Crippen MR) is 49.0 cm³/mol. The van der Waals surface area contributed by atoms with Crippen LogP contribution in [0.5, 0.6) is 0 Å². The number of rotatable bonds is 2. The van der Waals surface area contributed by atoms with Crippen molar-refractivity contribution in [1.29, 1.82) is 0 Å². The van der Waals surface area contributed by atoms with Gasteiger partial charge in [0, 0.05) is 5.92 Å². The summed E-state index contributed by atoms with van der Waals surface area (Å²) in [5.74, 6) is -0.0498. The van der Waals surface area contributed by atoms with Crippen molar-refractivity contribution in [3.63, 3.8) is 0 Å². The minimum atomic E-state index is -0.923. The molecule has 1 N–H and O–H groups in total. The Hall–Kier alpha value is -0.930. The van der Waals surface area contributed by atoms with Gasteiger partial charge in [-0.05, 0) is 24.5 Å². The molecule has 0 aromatic carbocycles. The molecule has 0 amide bonds. The summed E-state index contributed by atoms with van der Waals surface area (Å²) in [6.07, 6.45) is 2.36. The summed E-state index contributed by atoms with van der Waals surface area (Å²) in [4.78, 5) is 10.7. The maximum atomic E-state index is 10.7. The molecule has 1 aliphatic rings. The molecule has 1 unspecified atom stereocenters. The third kappa shape index (κ3) is 2.05. The lowest BCUT2D eigenvalue weighted by Gasteiger charge is -2.28. The molecule has 1 saturated heterocycles. The highest BCUT2D eigenvalue weighted by molar-refractivity contribution is 5.75. The summed E-state index contributed by atoms with van der Waals surface area (Å²) in [5, 5.41) is 9.32. The Morgan fingerprint density at radius 3 is 3.00 bits per heavy atom. The number of allylic oxidation sites excluding steroid dienone is 2. The van der Waals surface area contributed by atoms with Crippen LogP contribution in [0.15, 0.2) is 23.8 Å². The topological polar surface area (TPSA) is 46.5 Å². The van der Waals surface area contributed by atoms with E-state index in [1.807, 2.05) is 0 Å². The smallest absolute Gasteiger partial charge is 0.177 e. The van der Waals surface area contributed by atoms with Crippen molar-refractivity contribution >= 4 is 6.29 Å². The second-order valence-corrected chi connectivity index (χ2v) is 3.05. The van der Waals surface area contributed by atoms with Crippen molar-refractivity contribution in [3.05, 3.63) is 23.8 Å². The molecule has 0 saturated carbocycles. The van der Waals surface area contributed by atoms with Gasteiger partial charge >= 0.3 is 0 Å². The zero-order chi connectivity index (χ0) is 9.84. The average Bonchev–Trinajstić information content (AvgIpc) is 2.14. The van der Waals surface area contributed by atoms with Crippen molar-refractivity contribution in [2.24, 2.45) is 5.92 Å². The number of aliphatic hydroxyl groups excluding tert-OH is 1. The third-order valence-corrected chi connectivity index (χ3v) is 2.32. The molecule has 13 heavy (non-hydrogen) atoms. The van der Waals surface area contributed by atoms with Crippen LogP contribution in [0.1, 0.15) is 13.3 Å². The summed E-state index contributed by atoms with van der Waals surface area (Å²) in [6.45, 7) is 5.99.